The maximum absolute atomic E-state index is 12.8. The van der Waals surface area contributed by atoms with E-state index < -0.39 is 20.0 Å². The lowest BCUT2D eigenvalue weighted by atomic mass is 10.0. The second-order valence-electron chi connectivity index (χ2n) is 16.4. The van der Waals surface area contributed by atoms with Crippen molar-refractivity contribution in [2.45, 2.75) is 225 Å². The number of amides is 1. The largest absolute Gasteiger partial charge is 0.756 e. The molecular weight excluding hydrogens is 659 g/mol. The Hall–Kier alpha value is -0.500. The van der Waals surface area contributed by atoms with Gasteiger partial charge in [0.1, 0.15) is 13.2 Å². The number of nitrogens with zero attached hydrogens (tertiary/aromatic N) is 1. The molecule has 9 heteroatoms. The number of hydrogen-bond donors (Lipinski definition) is 2. The molecule has 0 heterocycles. The zero-order chi connectivity index (χ0) is 37.9. The molecule has 2 N–H and O–H groups in total. The van der Waals surface area contributed by atoms with E-state index in [0.29, 0.717) is 23.9 Å². The first kappa shape index (κ1) is 50.5. The zero-order valence-electron chi connectivity index (χ0n) is 34.6. The molecule has 0 rings (SSSR count). The molecule has 0 bridgehead atoms. The Morgan fingerprint density at radius 1 is 0.608 bits per heavy atom. The molecule has 3 atom stereocenters. The summed E-state index contributed by atoms with van der Waals surface area (Å²) in [6, 6.07) is -0.791. The lowest BCUT2D eigenvalue weighted by Crippen LogP contribution is -2.46. The highest BCUT2D eigenvalue weighted by molar-refractivity contribution is 7.45. The minimum atomic E-state index is -4.55. The number of aliphatic hydroxyl groups is 1. The second-order valence-corrected chi connectivity index (χ2v) is 17.8. The number of carbonyl (C=O) groups excluding carboxylic acids is 1. The van der Waals surface area contributed by atoms with E-state index in [2.05, 4.69) is 19.2 Å². The van der Waals surface area contributed by atoms with Crippen molar-refractivity contribution in [3.8, 4) is 0 Å². The van der Waals surface area contributed by atoms with Gasteiger partial charge in [0.25, 0.3) is 7.82 Å². The van der Waals surface area contributed by atoms with E-state index in [9.17, 15) is 19.4 Å². The van der Waals surface area contributed by atoms with E-state index in [4.69, 9.17) is 9.05 Å². The highest BCUT2D eigenvalue weighted by Crippen LogP contribution is 2.38. The van der Waals surface area contributed by atoms with Gasteiger partial charge >= 0.3 is 0 Å². The van der Waals surface area contributed by atoms with Gasteiger partial charge in [-0.05, 0) is 12.8 Å². The first-order chi connectivity index (χ1) is 24.5. The number of aliphatic hydroxyl groups excluding tert-OH is 1. The molecule has 0 aliphatic carbocycles. The van der Waals surface area contributed by atoms with E-state index in [1.54, 1.807) is 0 Å². The molecule has 1 amide bonds. The van der Waals surface area contributed by atoms with Crippen molar-refractivity contribution >= 4 is 13.7 Å². The van der Waals surface area contributed by atoms with Crippen LogP contribution in [0.1, 0.15) is 213 Å². The molecule has 0 aromatic rings. The summed E-state index contributed by atoms with van der Waals surface area (Å²) in [6.45, 7) is 4.71. The molecule has 0 radical (unpaired) electrons. The van der Waals surface area contributed by atoms with E-state index in [-0.39, 0.29) is 19.1 Å². The second kappa shape index (κ2) is 35.2. The quantitative estimate of drug-likeness (QED) is 0.0367. The topological polar surface area (TPSA) is 108 Å². The molecule has 0 spiro atoms. The third kappa shape index (κ3) is 37.6. The lowest BCUT2D eigenvalue weighted by molar-refractivity contribution is -0.870. The van der Waals surface area contributed by atoms with Crippen LogP contribution in [0.3, 0.4) is 0 Å². The van der Waals surface area contributed by atoms with Crippen LogP contribution in [-0.4, -0.2) is 68.5 Å². The van der Waals surface area contributed by atoms with Gasteiger partial charge in [0.2, 0.25) is 5.91 Å². The number of unbranched alkanes of at least 4 members (excludes halogenated alkanes) is 27. The van der Waals surface area contributed by atoms with Crippen molar-refractivity contribution in [1.29, 1.82) is 0 Å². The van der Waals surface area contributed by atoms with Crippen molar-refractivity contribution in [3.05, 3.63) is 0 Å². The minimum Gasteiger partial charge on any atom is -0.756 e. The Morgan fingerprint density at radius 2 is 0.961 bits per heavy atom. The first-order valence-corrected chi connectivity index (χ1v) is 23.3. The molecule has 306 valence electrons. The summed E-state index contributed by atoms with van der Waals surface area (Å²) < 4.78 is 23.2. The molecule has 3 unspecified atom stereocenters. The van der Waals surface area contributed by atoms with Gasteiger partial charge in [-0.3, -0.25) is 9.36 Å². The van der Waals surface area contributed by atoms with Gasteiger partial charge in [-0.2, -0.15) is 0 Å². The van der Waals surface area contributed by atoms with E-state index in [1.807, 2.05) is 21.1 Å². The number of nitrogens with one attached hydrogen (secondary N) is 1. The van der Waals surface area contributed by atoms with Crippen LogP contribution in [0.15, 0.2) is 0 Å². The Morgan fingerprint density at radius 3 is 1.33 bits per heavy atom. The molecule has 0 aliphatic rings. The van der Waals surface area contributed by atoms with Crippen molar-refractivity contribution < 1.29 is 32.9 Å². The van der Waals surface area contributed by atoms with Crippen molar-refractivity contribution in [1.82, 2.24) is 5.32 Å². The molecule has 51 heavy (non-hydrogen) atoms. The molecule has 0 fully saturated rings. The van der Waals surface area contributed by atoms with Gasteiger partial charge in [-0.15, -0.1) is 0 Å². The first-order valence-electron chi connectivity index (χ1n) is 21.9. The zero-order valence-corrected chi connectivity index (χ0v) is 35.5. The smallest absolute Gasteiger partial charge is 0.268 e. The standard InChI is InChI=1S/C42H87N2O6P/c1-6-8-10-12-14-16-17-18-19-20-21-22-23-24-25-26-28-29-31-33-35-41(45)40(39-50-51(47,48)49-38-37-44(3,4)5)43-42(46)36-34-32-30-27-15-13-11-9-7-2/h40-41,45H,6-39H2,1-5H3,(H-,43,46,47,48). The number of phosphoric ester groups is 1. The summed E-state index contributed by atoms with van der Waals surface area (Å²) >= 11 is 0. The third-order valence-electron chi connectivity index (χ3n) is 10.1. The normalized spacial score (nSPS) is 14.4. The predicted octanol–water partition coefficient (Wildman–Crippen LogP) is 11.2. The monoisotopic (exact) mass is 747 g/mol. The van der Waals surface area contributed by atoms with E-state index in [1.165, 1.54) is 148 Å². The number of hydrogen-bond acceptors (Lipinski definition) is 6. The van der Waals surface area contributed by atoms with Gasteiger partial charge in [0.15, 0.2) is 0 Å². The molecule has 0 aromatic carbocycles. The number of carbonyl (C=O) groups is 1. The van der Waals surface area contributed by atoms with Crippen molar-refractivity contribution in [2.24, 2.45) is 0 Å². The summed E-state index contributed by atoms with van der Waals surface area (Å²) in [7, 11) is 1.31. The van der Waals surface area contributed by atoms with Gasteiger partial charge < -0.3 is 28.8 Å². The van der Waals surface area contributed by atoms with E-state index >= 15 is 0 Å². The van der Waals surface area contributed by atoms with Crippen LogP contribution in [-0.2, 0) is 18.4 Å². The summed E-state index contributed by atoms with van der Waals surface area (Å²) in [5.74, 6) is -0.166. The fraction of sp³-hybridized carbons (Fsp3) is 0.976. The molecule has 0 aromatic heterocycles. The van der Waals surface area contributed by atoms with Crippen LogP contribution in [0.2, 0.25) is 0 Å². The summed E-state index contributed by atoms with van der Waals surface area (Å²) in [4.78, 5) is 25.2. The van der Waals surface area contributed by atoms with Crippen LogP contribution >= 0.6 is 7.82 Å². The highest BCUT2D eigenvalue weighted by Gasteiger charge is 2.24. The highest BCUT2D eigenvalue weighted by atomic mass is 31.2. The molecule has 0 aliphatic heterocycles. The SMILES string of the molecule is CCCCCCCCCCCCCCCCCCCCCCC(O)C(COP(=O)([O-])OCC[N+](C)(C)C)NC(=O)CCCCCCCCCCC. The van der Waals surface area contributed by atoms with Crippen LogP contribution < -0.4 is 10.2 Å². The van der Waals surface area contributed by atoms with Gasteiger partial charge in [-0.1, -0.05) is 194 Å². The molecular formula is C42H87N2O6P. The minimum absolute atomic E-state index is 0.0157. The molecule has 0 saturated heterocycles. The summed E-state index contributed by atoms with van der Waals surface area (Å²) in [5.41, 5.74) is 0. The number of rotatable bonds is 40. The Bertz CT molecular complexity index is 809. The average molecular weight is 747 g/mol. The number of phosphoric acid groups is 1. The van der Waals surface area contributed by atoms with Crippen molar-refractivity contribution in [2.75, 3.05) is 40.9 Å². The van der Waals surface area contributed by atoms with Crippen molar-refractivity contribution in [3.63, 3.8) is 0 Å². The van der Waals surface area contributed by atoms with Crippen LogP contribution in [0.4, 0.5) is 0 Å². The molecule has 0 saturated carbocycles. The fourth-order valence-corrected chi connectivity index (χ4v) is 7.29. The van der Waals surface area contributed by atoms with E-state index in [0.717, 1.165) is 38.5 Å². The Kier molecular flexibility index (Phi) is 34.9. The lowest BCUT2D eigenvalue weighted by Gasteiger charge is -2.30. The van der Waals surface area contributed by atoms with Gasteiger partial charge in [0, 0.05) is 6.42 Å². The predicted molar refractivity (Wildman–Crippen MR) is 215 cm³/mol. The maximum Gasteiger partial charge on any atom is 0.268 e. The Balaban J connectivity index is 4.23. The average Bonchev–Trinajstić information content (AvgIpc) is 3.07. The number of quaternary nitrogens is 1. The number of likely N-dealkylation sites (N-methyl/N-ethyl adjacent to an activating group) is 1. The Labute approximate surface area is 317 Å². The van der Waals surface area contributed by atoms with Crippen LogP contribution in [0.25, 0.3) is 0 Å². The summed E-state index contributed by atoms with van der Waals surface area (Å²) in [5, 5.41) is 13.9. The fourth-order valence-electron chi connectivity index (χ4n) is 6.57. The summed E-state index contributed by atoms with van der Waals surface area (Å²) in [6.07, 6.45) is 36.8. The van der Waals surface area contributed by atoms with Gasteiger partial charge in [-0.25, -0.2) is 0 Å². The van der Waals surface area contributed by atoms with Crippen LogP contribution in [0.5, 0.6) is 0 Å². The van der Waals surface area contributed by atoms with Crippen LogP contribution in [0, 0.1) is 0 Å². The third-order valence-corrected chi connectivity index (χ3v) is 11.1. The van der Waals surface area contributed by atoms with Gasteiger partial charge in [0.05, 0.1) is 39.9 Å². The maximum atomic E-state index is 12.8. The molecule has 8 nitrogen and oxygen atoms in total.